The van der Waals surface area contributed by atoms with Crippen LogP contribution in [0.15, 0.2) is 30.3 Å². The van der Waals surface area contributed by atoms with E-state index in [1.54, 1.807) is 6.08 Å². The number of nitrogens with zero attached hydrogens (tertiary/aromatic N) is 2. The SMILES string of the molecule is CN(CCNC(=O)/C=C/c1nc2ccccc2s1)S(C)(=O)=O. The fourth-order valence-corrected chi connectivity index (χ4v) is 2.96. The topological polar surface area (TPSA) is 79.4 Å². The second kappa shape index (κ2) is 6.99. The number of hydrogen-bond acceptors (Lipinski definition) is 5. The van der Waals surface area contributed by atoms with Crippen molar-refractivity contribution in [3.8, 4) is 0 Å². The molecule has 118 valence electrons. The minimum atomic E-state index is -3.22. The van der Waals surface area contributed by atoms with Crippen LogP contribution in [0.1, 0.15) is 5.01 Å². The Kier molecular flexibility index (Phi) is 5.28. The van der Waals surface area contributed by atoms with E-state index in [9.17, 15) is 13.2 Å². The average molecular weight is 339 g/mol. The van der Waals surface area contributed by atoms with Crippen LogP contribution in [0.2, 0.25) is 0 Å². The number of nitrogens with one attached hydrogen (secondary N) is 1. The molecule has 0 unspecified atom stereocenters. The molecule has 0 saturated heterocycles. The van der Waals surface area contributed by atoms with E-state index in [4.69, 9.17) is 0 Å². The lowest BCUT2D eigenvalue weighted by atomic mass is 10.3. The highest BCUT2D eigenvalue weighted by Crippen LogP contribution is 2.22. The molecule has 1 aromatic carbocycles. The molecule has 22 heavy (non-hydrogen) atoms. The Bertz CT molecular complexity index is 764. The van der Waals surface area contributed by atoms with Crippen LogP contribution in [0.3, 0.4) is 0 Å². The van der Waals surface area contributed by atoms with Gasteiger partial charge in [-0.25, -0.2) is 17.7 Å². The molecule has 1 aromatic heterocycles. The molecule has 0 fully saturated rings. The molecule has 1 amide bonds. The molecule has 0 aliphatic heterocycles. The molecule has 6 nitrogen and oxygen atoms in total. The predicted octanol–water partition coefficient (Wildman–Crippen LogP) is 1.32. The van der Waals surface area contributed by atoms with Gasteiger partial charge >= 0.3 is 0 Å². The maximum atomic E-state index is 11.7. The number of para-hydroxylation sites is 1. The summed E-state index contributed by atoms with van der Waals surface area (Å²) in [6.07, 6.45) is 4.18. The van der Waals surface area contributed by atoms with Crippen LogP contribution in [0.4, 0.5) is 0 Å². The van der Waals surface area contributed by atoms with Crippen molar-refractivity contribution in [2.24, 2.45) is 0 Å². The molecule has 0 aliphatic carbocycles. The number of sulfonamides is 1. The van der Waals surface area contributed by atoms with Gasteiger partial charge in [0.05, 0.1) is 16.5 Å². The zero-order chi connectivity index (χ0) is 16.2. The summed E-state index contributed by atoms with van der Waals surface area (Å²) in [5, 5.41) is 3.39. The van der Waals surface area contributed by atoms with Gasteiger partial charge in [-0.1, -0.05) is 12.1 Å². The Hall–Kier alpha value is -1.77. The Balaban J connectivity index is 1.86. The molecule has 8 heteroatoms. The number of thiazole rings is 1. The summed E-state index contributed by atoms with van der Waals surface area (Å²) in [5.41, 5.74) is 0.905. The molecule has 0 aliphatic rings. The van der Waals surface area contributed by atoms with Crippen molar-refractivity contribution >= 4 is 43.6 Å². The normalized spacial score (nSPS) is 12.3. The highest BCUT2D eigenvalue weighted by atomic mass is 32.2. The van der Waals surface area contributed by atoms with Gasteiger partial charge in [0.15, 0.2) is 0 Å². The maximum absolute atomic E-state index is 11.7. The Morgan fingerprint density at radius 2 is 2.14 bits per heavy atom. The molecule has 0 saturated carbocycles. The van der Waals surface area contributed by atoms with Crippen LogP contribution in [0, 0.1) is 0 Å². The van der Waals surface area contributed by atoms with E-state index in [1.807, 2.05) is 24.3 Å². The quantitative estimate of drug-likeness (QED) is 0.805. The van der Waals surface area contributed by atoms with Crippen molar-refractivity contribution in [2.75, 3.05) is 26.4 Å². The Labute approximate surface area is 133 Å². The van der Waals surface area contributed by atoms with Crippen LogP contribution in [-0.2, 0) is 14.8 Å². The Morgan fingerprint density at radius 3 is 2.82 bits per heavy atom. The zero-order valence-corrected chi connectivity index (χ0v) is 13.9. The van der Waals surface area contributed by atoms with Gasteiger partial charge in [-0.15, -0.1) is 11.3 Å². The first-order chi connectivity index (χ1) is 10.4. The minimum absolute atomic E-state index is 0.236. The lowest BCUT2D eigenvalue weighted by Crippen LogP contribution is -2.34. The molecule has 1 heterocycles. The number of hydrogen-bond donors (Lipinski definition) is 1. The third-order valence-electron chi connectivity index (χ3n) is 2.98. The van der Waals surface area contributed by atoms with E-state index in [1.165, 1.54) is 28.8 Å². The fourth-order valence-electron chi connectivity index (χ4n) is 1.67. The van der Waals surface area contributed by atoms with Crippen molar-refractivity contribution in [2.45, 2.75) is 0 Å². The molecule has 0 spiro atoms. The lowest BCUT2D eigenvalue weighted by molar-refractivity contribution is -0.116. The number of amides is 1. The van der Waals surface area contributed by atoms with E-state index in [0.29, 0.717) is 0 Å². The largest absolute Gasteiger partial charge is 0.351 e. The molecule has 0 bridgehead atoms. The molecule has 1 N–H and O–H groups in total. The van der Waals surface area contributed by atoms with Crippen LogP contribution < -0.4 is 5.32 Å². The lowest BCUT2D eigenvalue weighted by Gasteiger charge is -2.13. The van der Waals surface area contributed by atoms with Gasteiger partial charge in [0.25, 0.3) is 0 Å². The van der Waals surface area contributed by atoms with Gasteiger partial charge in [0.1, 0.15) is 5.01 Å². The first-order valence-corrected chi connectivity index (χ1v) is 9.25. The third kappa shape index (κ3) is 4.62. The van der Waals surface area contributed by atoms with E-state index in [-0.39, 0.29) is 19.0 Å². The summed E-state index contributed by atoms with van der Waals surface area (Å²) >= 11 is 1.51. The number of rotatable bonds is 6. The molecule has 2 rings (SSSR count). The van der Waals surface area contributed by atoms with Gasteiger partial charge in [-0.05, 0) is 18.2 Å². The van der Waals surface area contributed by atoms with Gasteiger partial charge in [0, 0.05) is 26.2 Å². The van der Waals surface area contributed by atoms with E-state index >= 15 is 0 Å². The fraction of sp³-hybridized carbons (Fsp3) is 0.286. The van der Waals surface area contributed by atoms with E-state index in [0.717, 1.165) is 21.5 Å². The van der Waals surface area contributed by atoms with Crippen LogP contribution in [0.25, 0.3) is 16.3 Å². The molecular formula is C14H17N3O3S2. The summed E-state index contributed by atoms with van der Waals surface area (Å²) in [5.74, 6) is -0.277. The smallest absolute Gasteiger partial charge is 0.244 e. The summed E-state index contributed by atoms with van der Waals surface area (Å²) in [4.78, 5) is 16.1. The van der Waals surface area contributed by atoms with E-state index < -0.39 is 10.0 Å². The van der Waals surface area contributed by atoms with Crippen LogP contribution in [0.5, 0.6) is 0 Å². The van der Waals surface area contributed by atoms with Gasteiger partial charge in [-0.2, -0.15) is 0 Å². The van der Waals surface area contributed by atoms with E-state index in [2.05, 4.69) is 10.3 Å². The number of likely N-dealkylation sites (N-methyl/N-ethyl adjacent to an activating group) is 1. The third-order valence-corrected chi connectivity index (χ3v) is 5.30. The second-order valence-corrected chi connectivity index (χ2v) is 7.88. The van der Waals surface area contributed by atoms with Crippen molar-refractivity contribution in [1.82, 2.24) is 14.6 Å². The summed E-state index contributed by atoms with van der Waals surface area (Å²) < 4.78 is 24.6. The van der Waals surface area contributed by atoms with Gasteiger partial charge in [0.2, 0.25) is 15.9 Å². The van der Waals surface area contributed by atoms with Crippen LogP contribution >= 0.6 is 11.3 Å². The Morgan fingerprint density at radius 1 is 1.41 bits per heavy atom. The zero-order valence-electron chi connectivity index (χ0n) is 12.3. The number of carbonyl (C=O) groups excluding carboxylic acids is 1. The number of fused-ring (bicyclic) bond motifs is 1. The summed E-state index contributed by atoms with van der Waals surface area (Å²) in [6.45, 7) is 0.492. The summed E-state index contributed by atoms with van der Waals surface area (Å²) in [7, 11) is -1.74. The predicted molar refractivity (Wildman–Crippen MR) is 89.1 cm³/mol. The van der Waals surface area contributed by atoms with Gasteiger partial charge in [-0.3, -0.25) is 4.79 Å². The van der Waals surface area contributed by atoms with Crippen LogP contribution in [-0.4, -0.2) is 50.0 Å². The minimum Gasteiger partial charge on any atom is -0.351 e. The van der Waals surface area contributed by atoms with Crippen molar-refractivity contribution < 1.29 is 13.2 Å². The number of benzene rings is 1. The molecule has 0 atom stereocenters. The van der Waals surface area contributed by atoms with Gasteiger partial charge < -0.3 is 5.32 Å². The first kappa shape index (κ1) is 16.6. The standard InChI is InChI=1S/C14H17N3O3S2/c1-17(22(2,19)20)10-9-15-13(18)7-8-14-16-11-5-3-4-6-12(11)21-14/h3-8H,9-10H2,1-2H3,(H,15,18)/b8-7+. The van der Waals surface area contributed by atoms with Crippen molar-refractivity contribution in [1.29, 1.82) is 0 Å². The monoisotopic (exact) mass is 339 g/mol. The summed E-state index contributed by atoms with van der Waals surface area (Å²) in [6, 6.07) is 7.76. The second-order valence-electron chi connectivity index (χ2n) is 4.73. The van der Waals surface area contributed by atoms with Crippen molar-refractivity contribution in [3.63, 3.8) is 0 Å². The number of carbonyl (C=O) groups is 1. The maximum Gasteiger partial charge on any atom is 0.244 e. The molecular weight excluding hydrogens is 322 g/mol. The highest BCUT2D eigenvalue weighted by Gasteiger charge is 2.09. The van der Waals surface area contributed by atoms with Crippen molar-refractivity contribution in [3.05, 3.63) is 35.3 Å². The number of aromatic nitrogens is 1. The molecule has 2 aromatic rings. The first-order valence-electron chi connectivity index (χ1n) is 6.59. The highest BCUT2D eigenvalue weighted by molar-refractivity contribution is 7.88. The average Bonchev–Trinajstić information content (AvgIpc) is 2.86. The molecule has 0 radical (unpaired) electrons.